The molecular weight excluding hydrogens is 344 g/mol. The second-order valence-electron chi connectivity index (χ2n) is 8.86. The zero-order chi connectivity index (χ0) is 19.6. The molecule has 5 nitrogen and oxygen atoms in total. The molecule has 0 amide bonds. The molecule has 0 aliphatic heterocycles. The lowest BCUT2D eigenvalue weighted by Crippen LogP contribution is -2.48. The number of hydrogen-bond acceptors (Lipinski definition) is 5. The van der Waals surface area contributed by atoms with Crippen LogP contribution in [0.3, 0.4) is 0 Å². The van der Waals surface area contributed by atoms with Crippen LogP contribution in [-0.4, -0.2) is 32.0 Å². The van der Waals surface area contributed by atoms with Crippen molar-refractivity contribution in [2.75, 3.05) is 12.3 Å². The smallest absolute Gasteiger partial charge is 0.318 e. The Morgan fingerprint density at radius 1 is 1.31 bits per heavy atom. The van der Waals surface area contributed by atoms with Crippen molar-refractivity contribution < 1.29 is 14.0 Å². The van der Waals surface area contributed by atoms with Crippen LogP contribution in [0.5, 0.6) is 0 Å². The number of carbonyl (C=O) groups is 1. The zero-order valence-corrected chi connectivity index (χ0v) is 18.1. The van der Waals surface area contributed by atoms with E-state index < -0.39 is 13.7 Å². The van der Waals surface area contributed by atoms with Crippen molar-refractivity contribution in [1.82, 2.24) is 4.98 Å². The van der Waals surface area contributed by atoms with E-state index in [0.29, 0.717) is 25.1 Å². The van der Waals surface area contributed by atoms with Gasteiger partial charge in [-0.15, -0.1) is 0 Å². The Morgan fingerprint density at radius 2 is 1.92 bits per heavy atom. The number of nitrogens with two attached hydrogens (primary N) is 1. The van der Waals surface area contributed by atoms with E-state index in [1.54, 1.807) is 6.20 Å². The highest BCUT2D eigenvalue weighted by Crippen LogP contribution is 2.44. The Hall–Kier alpha value is -1.40. The lowest BCUT2D eigenvalue weighted by atomic mass is 9.70. The van der Waals surface area contributed by atoms with Crippen LogP contribution in [0.4, 0.5) is 5.69 Å². The van der Waals surface area contributed by atoms with Crippen molar-refractivity contribution >= 4 is 20.0 Å². The first kappa shape index (κ1) is 20.9. The lowest BCUT2D eigenvalue weighted by Gasteiger charge is -2.43. The maximum absolute atomic E-state index is 12.8. The summed E-state index contributed by atoms with van der Waals surface area (Å²) in [6.45, 7) is 13.5. The van der Waals surface area contributed by atoms with Gasteiger partial charge in [0.1, 0.15) is 5.41 Å². The molecule has 26 heavy (non-hydrogen) atoms. The van der Waals surface area contributed by atoms with Crippen LogP contribution in [-0.2, 0) is 19.4 Å². The van der Waals surface area contributed by atoms with E-state index in [9.17, 15) is 4.79 Å². The first-order valence-electron chi connectivity index (χ1n) is 9.59. The van der Waals surface area contributed by atoms with Crippen LogP contribution in [0, 0.1) is 0 Å². The fourth-order valence-electron chi connectivity index (χ4n) is 3.32. The Morgan fingerprint density at radius 3 is 2.38 bits per heavy atom. The highest BCUT2D eigenvalue weighted by Gasteiger charge is 2.48. The minimum absolute atomic E-state index is 0.178. The number of rotatable bonds is 5. The molecule has 0 atom stereocenters. The molecule has 1 heterocycles. The van der Waals surface area contributed by atoms with Crippen molar-refractivity contribution in [2.24, 2.45) is 0 Å². The molecule has 2 N–H and O–H groups in total. The molecule has 2 rings (SSSR count). The number of nitrogen functional groups attached to an aromatic ring is 1. The molecule has 1 saturated carbocycles. The molecule has 146 valence electrons. The number of anilines is 1. The van der Waals surface area contributed by atoms with Crippen molar-refractivity contribution in [1.29, 1.82) is 0 Å². The molecule has 6 heteroatoms. The summed E-state index contributed by atoms with van der Waals surface area (Å²) < 4.78 is 12.0. The summed E-state index contributed by atoms with van der Waals surface area (Å²) in [5, 5.41) is 0.182. The summed E-state index contributed by atoms with van der Waals surface area (Å²) in [6.07, 6.45) is 4.90. The second-order valence-corrected chi connectivity index (χ2v) is 13.6. The Kier molecular flexibility index (Phi) is 6.18. The first-order valence-corrected chi connectivity index (χ1v) is 12.5. The van der Waals surface area contributed by atoms with Gasteiger partial charge in [-0.3, -0.25) is 9.78 Å². The zero-order valence-electron chi connectivity index (χ0n) is 17.1. The molecule has 0 bridgehead atoms. The standard InChI is InChI=1S/C20H34N2O3Si/c1-7-24-18(23)20(17-9-8-15(21)14-22-17)12-10-16(11-13-20)25-26(5,6)19(2,3)4/h8-9,14,16H,7,10-13,21H2,1-6H3/t16-,20+. The van der Waals surface area contributed by atoms with Crippen molar-refractivity contribution in [2.45, 2.75) is 83.0 Å². The van der Waals surface area contributed by atoms with Gasteiger partial charge in [0.2, 0.25) is 0 Å². The summed E-state index contributed by atoms with van der Waals surface area (Å²) >= 11 is 0. The van der Waals surface area contributed by atoms with Crippen LogP contribution >= 0.6 is 0 Å². The van der Waals surface area contributed by atoms with Crippen molar-refractivity contribution in [3.63, 3.8) is 0 Å². The fraction of sp³-hybridized carbons (Fsp3) is 0.700. The Labute approximate surface area is 158 Å². The van der Waals surface area contributed by atoms with Gasteiger partial charge >= 0.3 is 5.97 Å². The third kappa shape index (κ3) is 4.28. The van der Waals surface area contributed by atoms with Crippen LogP contribution < -0.4 is 5.73 Å². The summed E-state index contributed by atoms with van der Waals surface area (Å²) in [5.41, 5.74) is 6.45. The van der Waals surface area contributed by atoms with E-state index in [1.165, 1.54) is 0 Å². The molecule has 0 radical (unpaired) electrons. The van der Waals surface area contributed by atoms with Crippen LogP contribution in [0.1, 0.15) is 59.1 Å². The maximum Gasteiger partial charge on any atom is 0.318 e. The SMILES string of the molecule is CCOC(=O)[C@]1(c2ccc(N)cn2)CC[C@H](O[Si](C)(C)C(C)(C)C)CC1. The predicted molar refractivity (Wildman–Crippen MR) is 107 cm³/mol. The second kappa shape index (κ2) is 7.68. The first-order chi connectivity index (χ1) is 12.0. The number of pyridine rings is 1. The van der Waals surface area contributed by atoms with E-state index in [-0.39, 0.29) is 17.1 Å². The third-order valence-corrected chi connectivity index (χ3v) is 10.5. The number of carbonyl (C=O) groups excluding carboxylic acids is 1. The monoisotopic (exact) mass is 378 g/mol. The summed E-state index contributed by atoms with van der Waals surface area (Å²) in [5.74, 6) is -0.178. The fourth-order valence-corrected chi connectivity index (χ4v) is 4.74. The van der Waals surface area contributed by atoms with E-state index in [0.717, 1.165) is 18.5 Å². The van der Waals surface area contributed by atoms with E-state index >= 15 is 0 Å². The Balaban J connectivity index is 2.19. The molecule has 1 aliphatic rings. The van der Waals surface area contributed by atoms with Gasteiger partial charge in [0, 0.05) is 6.10 Å². The number of esters is 1. The molecule has 1 aromatic rings. The molecule has 0 saturated heterocycles. The Bertz CT molecular complexity index is 615. The quantitative estimate of drug-likeness (QED) is 0.606. The maximum atomic E-state index is 12.8. The molecule has 0 unspecified atom stereocenters. The summed E-state index contributed by atoms with van der Waals surface area (Å²) in [6, 6.07) is 3.67. The van der Waals surface area contributed by atoms with Gasteiger partial charge in [-0.2, -0.15) is 0 Å². The average molecular weight is 379 g/mol. The molecule has 0 aromatic carbocycles. The molecule has 1 aromatic heterocycles. The molecular formula is C20H34N2O3Si. The minimum Gasteiger partial charge on any atom is -0.465 e. The van der Waals surface area contributed by atoms with E-state index in [2.05, 4.69) is 38.8 Å². The molecule has 0 spiro atoms. The average Bonchev–Trinajstić information content (AvgIpc) is 2.55. The largest absolute Gasteiger partial charge is 0.465 e. The van der Waals surface area contributed by atoms with Crippen LogP contribution in [0.25, 0.3) is 0 Å². The number of aromatic nitrogens is 1. The summed E-state index contributed by atoms with van der Waals surface area (Å²) in [7, 11) is -1.82. The van der Waals surface area contributed by atoms with Gasteiger partial charge in [-0.25, -0.2) is 0 Å². The molecule has 1 aliphatic carbocycles. The van der Waals surface area contributed by atoms with E-state index in [1.807, 2.05) is 19.1 Å². The van der Waals surface area contributed by atoms with Crippen LogP contribution in [0.15, 0.2) is 18.3 Å². The van der Waals surface area contributed by atoms with Crippen molar-refractivity contribution in [3.8, 4) is 0 Å². The van der Waals surface area contributed by atoms with Gasteiger partial charge < -0.3 is 14.9 Å². The van der Waals surface area contributed by atoms with Gasteiger partial charge in [0.25, 0.3) is 0 Å². The number of ether oxygens (including phenoxy) is 1. The van der Waals surface area contributed by atoms with Gasteiger partial charge in [0.15, 0.2) is 8.32 Å². The summed E-state index contributed by atoms with van der Waals surface area (Å²) in [4.78, 5) is 17.3. The van der Waals surface area contributed by atoms with E-state index in [4.69, 9.17) is 14.9 Å². The lowest BCUT2D eigenvalue weighted by molar-refractivity contribution is -0.152. The van der Waals surface area contributed by atoms with Gasteiger partial charge in [-0.1, -0.05) is 20.8 Å². The van der Waals surface area contributed by atoms with Crippen molar-refractivity contribution in [3.05, 3.63) is 24.0 Å². The molecule has 1 fully saturated rings. The number of hydrogen-bond donors (Lipinski definition) is 1. The minimum atomic E-state index is -1.82. The third-order valence-electron chi connectivity index (χ3n) is 6.00. The number of nitrogens with zero attached hydrogens (tertiary/aromatic N) is 1. The van der Waals surface area contributed by atoms with Crippen LogP contribution in [0.2, 0.25) is 18.1 Å². The van der Waals surface area contributed by atoms with Gasteiger partial charge in [-0.05, 0) is 62.9 Å². The van der Waals surface area contributed by atoms with Gasteiger partial charge in [0.05, 0.1) is 24.2 Å². The predicted octanol–water partition coefficient (Wildman–Crippen LogP) is 4.43. The normalized spacial score (nSPS) is 24.3. The highest BCUT2D eigenvalue weighted by molar-refractivity contribution is 6.74. The topological polar surface area (TPSA) is 74.4 Å². The highest BCUT2D eigenvalue weighted by atomic mass is 28.4.